The van der Waals surface area contributed by atoms with Gasteiger partial charge < -0.3 is 0 Å². The Hall–Kier alpha value is -1.44. The maximum absolute atomic E-state index is 11.4. The quantitative estimate of drug-likeness (QED) is 0.799. The monoisotopic (exact) mass is 277 g/mol. The van der Waals surface area contributed by atoms with Gasteiger partial charge >= 0.3 is 102 Å². The molecular weight excluding hydrogens is 265 g/mol. The summed E-state index contributed by atoms with van der Waals surface area (Å²) in [6.07, 6.45) is 4.30. The summed E-state index contributed by atoms with van der Waals surface area (Å²) in [6.45, 7) is 0. The van der Waals surface area contributed by atoms with E-state index in [0.717, 1.165) is 23.1 Å². The van der Waals surface area contributed by atoms with Crippen LogP contribution >= 0.6 is 0 Å². The Kier molecular flexibility index (Phi) is 3.50. The van der Waals surface area contributed by atoms with Crippen molar-refractivity contribution in [2.45, 2.75) is 6.42 Å². The van der Waals surface area contributed by atoms with E-state index in [4.69, 9.17) is 0 Å². The number of nitrogens with zero attached hydrogens (tertiary/aromatic N) is 1. The molecule has 16 heavy (non-hydrogen) atoms. The molecule has 1 aromatic heterocycles. The van der Waals surface area contributed by atoms with E-state index in [9.17, 15) is 4.79 Å². The van der Waals surface area contributed by atoms with Crippen molar-refractivity contribution >= 4 is 20.7 Å². The molecule has 2 rings (SSSR count). The zero-order chi connectivity index (χ0) is 11.4. The molecule has 0 aliphatic rings. The van der Waals surface area contributed by atoms with Gasteiger partial charge in [0.2, 0.25) is 0 Å². The molecule has 2 nitrogen and oxygen atoms in total. The SMILES string of the molecule is O=C([SeH])c1ccccc1Cc1ccncc1. The second kappa shape index (κ2) is 5.06. The zero-order valence-electron chi connectivity index (χ0n) is 8.63. The minimum atomic E-state index is 0.0529. The molecule has 0 saturated heterocycles. The van der Waals surface area contributed by atoms with Gasteiger partial charge in [0.05, 0.1) is 0 Å². The van der Waals surface area contributed by atoms with Crippen LogP contribution in [0.4, 0.5) is 0 Å². The van der Waals surface area contributed by atoms with Crippen molar-refractivity contribution in [2.75, 3.05) is 0 Å². The minimum absolute atomic E-state index is 0.0529. The van der Waals surface area contributed by atoms with Crippen LogP contribution in [0.1, 0.15) is 21.5 Å². The van der Waals surface area contributed by atoms with Gasteiger partial charge in [-0.3, -0.25) is 0 Å². The molecule has 0 saturated carbocycles. The fourth-order valence-electron chi connectivity index (χ4n) is 1.60. The summed E-state index contributed by atoms with van der Waals surface area (Å²) in [6, 6.07) is 11.6. The number of benzene rings is 1. The molecule has 0 atom stereocenters. The average Bonchev–Trinajstić information content (AvgIpc) is 2.31. The third-order valence-corrected chi connectivity index (χ3v) is 2.90. The fraction of sp³-hybridized carbons (Fsp3) is 0.0769. The molecule has 0 unspecified atom stereocenters. The predicted octanol–water partition coefficient (Wildman–Crippen LogP) is 1.71. The average molecular weight is 276 g/mol. The normalized spacial score (nSPS) is 10.1. The van der Waals surface area contributed by atoms with Gasteiger partial charge in [-0.25, -0.2) is 0 Å². The first-order valence-corrected chi connectivity index (χ1v) is 5.91. The summed E-state index contributed by atoms with van der Waals surface area (Å²) in [5, 5.41) is 0. The number of hydrogen-bond acceptors (Lipinski definition) is 2. The van der Waals surface area contributed by atoms with Crippen LogP contribution in [0.2, 0.25) is 0 Å². The second-order valence-electron chi connectivity index (χ2n) is 3.49. The van der Waals surface area contributed by atoms with E-state index in [2.05, 4.69) is 21.0 Å². The number of carbonyl (C=O) groups excluding carboxylic acids is 1. The number of pyridine rings is 1. The Labute approximate surface area is 103 Å². The van der Waals surface area contributed by atoms with Gasteiger partial charge in [0.1, 0.15) is 0 Å². The maximum atomic E-state index is 11.4. The Morgan fingerprint density at radius 2 is 1.81 bits per heavy atom. The third kappa shape index (κ3) is 2.57. The van der Waals surface area contributed by atoms with Gasteiger partial charge in [-0.05, 0) is 0 Å². The topological polar surface area (TPSA) is 30.0 Å². The van der Waals surface area contributed by atoms with Gasteiger partial charge in [-0.2, -0.15) is 0 Å². The fourth-order valence-corrected chi connectivity index (χ4v) is 2.06. The van der Waals surface area contributed by atoms with Crippen LogP contribution in [0.3, 0.4) is 0 Å². The van der Waals surface area contributed by atoms with E-state index < -0.39 is 0 Å². The molecule has 1 aromatic carbocycles. The Bertz CT molecular complexity index is 496. The first-order valence-electron chi connectivity index (χ1n) is 4.97. The second-order valence-corrected chi connectivity index (χ2v) is 4.35. The molecule has 0 radical (unpaired) electrons. The van der Waals surface area contributed by atoms with Crippen LogP contribution in [0.5, 0.6) is 0 Å². The summed E-state index contributed by atoms with van der Waals surface area (Å²) in [4.78, 5) is 15.4. The Morgan fingerprint density at radius 3 is 2.50 bits per heavy atom. The van der Waals surface area contributed by atoms with Crippen molar-refractivity contribution in [3.8, 4) is 0 Å². The third-order valence-electron chi connectivity index (χ3n) is 2.39. The Balaban J connectivity index is 2.31. The molecule has 0 amide bonds. The number of rotatable bonds is 3. The van der Waals surface area contributed by atoms with Crippen LogP contribution in [-0.2, 0) is 6.42 Å². The number of carbonyl (C=O) groups is 1. The van der Waals surface area contributed by atoms with E-state index in [-0.39, 0.29) is 4.68 Å². The predicted molar refractivity (Wildman–Crippen MR) is 65.0 cm³/mol. The summed E-state index contributed by atoms with van der Waals surface area (Å²) in [7, 11) is 0. The van der Waals surface area contributed by atoms with E-state index in [1.807, 2.05) is 36.4 Å². The van der Waals surface area contributed by atoms with E-state index in [0.29, 0.717) is 0 Å². The molecule has 0 aliphatic heterocycles. The van der Waals surface area contributed by atoms with Crippen molar-refractivity contribution in [2.24, 2.45) is 0 Å². The van der Waals surface area contributed by atoms with Crippen molar-refractivity contribution in [3.63, 3.8) is 0 Å². The van der Waals surface area contributed by atoms with E-state index in [1.165, 1.54) is 0 Å². The van der Waals surface area contributed by atoms with Gasteiger partial charge in [0, 0.05) is 0 Å². The van der Waals surface area contributed by atoms with Crippen LogP contribution < -0.4 is 0 Å². The number of hydrogen-bond donors (Lipinski definition) is 0. The van der Waals surface area contributed by atoms with Crippen molar-refractivity contribution in [3.05, 3.63) is 65.5 Å². The summed E-state index contributed by atoms with van der Waals surface area (Å²) >= 11 is 2.07. The van der Waals surface area contributed by atoms with Crippen LogP contribution in [0.25, 0.3) is 0 Å². The van der Waals surface area contributed by atoms with Gasteiger partial charge in [0.25, 0.3) is 0 Å². The van der Waals surface area contributed by atoms with Gasteiger partial charge in [0.15, 0.2) is 0 Å². The van der Waals surface area contributed by atoms with Crippen molar-refractivity contribution in [1.29, 1.82) is 0 Å². The summed E-state index contributed by atoms with van der Waals surface area (Å²) in [5.41, 5.74) is 3.00. The van der Waals surface area contributed by atoms with Crippen molar-refractivity contribution in [1.82, 2.24) is 4.98 Å². The van der Waals surface area contributed by atoms with Crippen LogP contribution in [-0.4, -0.2) is 25.7 Å². The molecule has 80 valence electrons. The van der Waals surface area contributed by atoms with E-state index >= 15 is 0 Å². The zero-order valence-corrected chi connectivity index (χ0v) is 10.5. The van der Waals surface area contributed by atoms with E-state index in [1.54, 1.807) is 12.4 Å². The Morgan fingerprint density at radius 1 is 1.12 bits per heavy atom. The van der Waals surface area contributed by atoms with Gasteiger partial charge in [-0.15, -0.1) is 0 Å². The number of aromatic nitrogens is 1. The van der Waals surface area contributed by atoms with Crippen molar-refractivity contribution < 1.29 is 4.79 Å². The van der Waals surface area contributed by atoms with Crippen LogP contribution in [0, 0.1) is 0 Å². The molecule has 3 heteroatoms. The molecule has 0 bridgehead atoms. The van der Waals surface area contributed by atoms with Crippen LogP contribution in [0.15, 0.2) is 48.8 Å². The molecule has 0 aliphatic carbocycles. The standard InChI is InChI=1S/C13H11NOSe/c15-13(16)12-4-2-1-3-11(12)9-10-5-7-14-8-6-10/h1-8H,9H2,(H,15,16). The first-order chi connectivity index (χ1) is 7.77. The summed E-state index contributed by atoms with van der Waals surface area (Å²) < 4.78 is 0.0529. The molecular formula is C13H11NOSe. The summed E-state index contributed by atoms with van der Waals surface area (Å²) in [5.74, 6) is 0. The molecule has 0 N–H and O–H groups in total. The molecule has 2 aromatic rings. The molecule has 0 spiro atoms. The molecule has 1 heterocycles. The van der Waals surface area contributed by atoms with Gasteiger partial charge in [-0.1, -0.05) is 0 Å². The molecule has 0 fully saturated rings. The first kappa shape index (κ1) is 11.1.